The standard InChI is InChI=1S/C13H24N2OS2/c14-12-4-2-1-3-10(12)7-13(16)15-8-11-9-17-5-6-18-11/h10-12H,1-9,14H2,(H,15,16). The summed E-state index contributed by atoms with van der Waals surface area (Å²) < 4.78 is 0. The molecule has 3 N–H and O–H groups in total. The number of hydrogen-bond acceptors (Lipinski definition) is 4. The summed E-state index contributed by atoms with van der Waals surface area (Å²) in [6, 6.07) is 0.240. The molecule has 3 unspecified atom stereocenters. The third-order valence-corrected chi connectivity index (χ3v) is 6.67. The number of thioether (sulfide) groups is 2. The van der Waals surface area contributed by atoms with Crippen LogP contribution in [0.3, 0.4) is 0 Å². The zero-order chi connectivity index (χ0) is 12.8. The highest BCUT2D eigenvalue weighted by Gasteiger charge is 2.24. The third-order valence-electron chi connectivity index (χ3n) is 3.83. The molecule has 2 fully saturated rings. The maximum atomic E-state index is 11.9. The minimum Gasteiger partial charge on any atom is -0.355 e. The Morgan fingerprint density at radius 3 is 2.83 bits per heavy atom. The van der Waals surface area contributed by atoms with Crippen LogP contribution < -0.4 is 11.1 Å². The van der Waals surface area contributed by atoms with Crippen molar-refractivity contribution in [3.8, 4) is 0 Å². The van der Waals surface area contributed by atoms with E-state index in [9.17, 15) is 4.79 Å². The predicted molar refractivity (Wildman–Crippen MR) is 81.1 cm³/mol. The summed E-state index contributed by atoms with van der Waals surface area (Å²) in [5.41, 5.74) is 6.08. The molecule has 1 heterocycles. The van der Waals surface area contributed by atoms with E-state index in [2.05, 4.69) is 5.32 Å². The number of rotatable bonds is 4. The lowest BCUT2D eigenvalue weighted by atomic mass is 9.83. The summed E-state index contributed by atoms with van der Waals surface area (Å²) >= 11 is 3.99. The zero-order valence-corrected chi connectivity index (χ0v) is 12.5. The maximum Gasteiger partial charge on any atom is 0.220 e. The molecule has 3 atom stereocenters. The Morgan fingerprint density at radius 1 is 1.28 bits per heavy atom. The van der Waals surface area contributed by atoms with Crippen molar-refractivity contribution in [2.75, 3.05) is 23.8 Å². The number of amides is 1. The first-order chi connectivity index (χ1) is 8.75. The van der Waals surface area contributed by atoms with Gasteiger partial charge in [0, 0.05) is 41.5 Å². The smallest absolute Gasteiger partial charge is 0.220 e. The van der Waals surface area contributed by atoms with E-state index in [1.54, 1.807) is 0 Å². The molecule has 0 bridgehead atoms. The van der Waals surface area contributed by atoms with Gasteiger partial charge in [-0.2, -0.15) is 23.5 Å². The lowest BCUT2D eigenvalue weighted by molar-refractivity contribution is -0.122. The Bertz CT molecular complexity index is 270. The number of hydrogen-bond donors (Lipinski definition) is 2. The van der Waals surface area contributed by atoms with Gasteiger partial charge in [-0.1, -0.05) is 12.8 Å². The van der Waals surface area contributed by atoms with Gasteiger partial charge in [0.15, 0.2) is 0 Å². The van der Waals surface area contributed by atoms with Gasteiger partial charge in [-0.25, -0.2) is 0 Å². The van der Waals surface area contributed by atoms with E-state index in [0.29, 0.717) is 17.6 Å². The molecular weight excluding hydrogens is 264 g/mol. The van der Waals surface area contributed by atoms with Crippen molar-refractivity contribution in [3.05, 3.63) is 0 Å². The van der Waals surface area contributed by atoms with Crippen molar-refractivity contribution in [1.82, 2.24) is 5.32 Å². The zero-order valence-electron chi connectivity index (χ0n) is 10.9. The van der Waals surface area contributed by atoms with Crippen LogP contribution in [0, 0.1) is 5.92 Å². The summed E-state index contributed by atoms with van der Waals surface area (Å²) in [5.74, 6) is 4.26. The molecule has 0 aromatic carbocycles. The van der Waals surface area contributed by atoms with E-state index >= 15 is 0 Å². The summed E-state index contributed by atoms with van der Waals surface area (Å²) in [6.45, 7) is 0.832. The number of carbonyl (C=O) groups is 1. The molecule has 2 rings (SSSR count). The van der Waals surface area contributed by atoms with Crippen molar-refractivity contribution in [2.24, 2.45) is 11.7 Å². The van der Waals surface area contributed by atoms with Crippen LogP contribution in [0.5, 0.6) is 0 Å². The quantitative estimate of drug-likeness (QED) is 0.829. The molecule has 18 heavy (non-hydrogen) atoms. The molecule has 1 saturated heterocycles. The molecular formula is C13H24N2OS2. The highest BCUT2D eigenvalue weighted by molar-refractivity contribution is 8.06. The highest BCUT2D eigenvalue weighted by Crippen LogP contribution is 2.26. The molecule has 2 aliphatic rings. The van der Waals surface area contributed by atoms with Gasteiger partial charge in [0.2, 0.25) is 5.91 Å². The van der Waals surface area contributed by atoms with Crippen molar-refractivity contribution in [3.63, 3.8) is 0 Å². The molecule has 1 amide bonds. The first kappa shape index (κ1) is 14.5. The summed E-state index contributed by atoms with van der Waals surface area (Å²) in [6.07, 6.45) is 5.32. The Labute approximate surface area is 118 Å². The summed E-state index contributed by atoms with van der Waals surface area (Å²) in [5, 5.41) is 3.70. The van der Waals surface area contributed by atoms with E-state index in [1.807, 2.05) is 23.5 Å². The fourth-order valence-electron chi connectivity index (χ4n) is 2.68. The van der Waals surface area contributed by atoms with Gasteiger partial charge in [-0.3, -0.25) is 4.79 Å². The minimum absolute atomic E-state index is 0.202. The van der Waals surface area contributed by atoms with Gasteiger partial charge >= 0.3 is 0 Å². The molecule has 5 heteroatoms. The minimum atomic E-state index is 0.202. The van der Waals surface area contributed by atoms with Crippen molar-refractivity contribution in [2.45, 2.75) is 43.4 Å². The molecule has 0 spiro atoms. The summed E-state index contributed by atoms with van der Waals surface area (Å²) in [7, 11) is 0. The van der Waals surface area contributed by atoms with E-state index in [-0.39, 0.29) is 11.9 Å². The van der Waals surface area contributed by atoms with E-state index < -0.39 is 0 Å². The fraction of sp³-hybridized carbons (Fsp3) is 0.923. The molecule has 104 valence electrons. The molecule has 3 nitrogen and oxygen atoms in total. The SMILES string of the molecule is NC1CCCCC1CC(=O)NCC1CSCCS1. The molecule has 1 aliphatic heterocycles. The van der Waals surface area contributed by atoms with E-state index in [1.165, 1.54) is 30.1 Å². The number of nitrogens with two attached hydrogens (primary N) is 1. The van der Waals surface area contributed by atoms with Crippen LogP contribution in [0.15, 0.2) is 0 Å². The Balaban J connectivity index is 1.64. The van der Waals surface area contributed by atoms with Gasteiger partial charge in [-0.05, 0) is 18.8 Å². The summed E-state index contributed by atoms with van der Waals surface area (Å²) in [4.78, 5) is 11.9. The van der Waals surface area contributed by atoms with Crippen LogP contribution in [0.2, 0.25) is 0 Å². The Hall–Kier alpha value is 0.130. The van der Waals surface area contributed by atoms with Crippen molar-refractivity contribution in [1.29, 1.82) is 0 Å². The van der Waals surface area contributed by atoms with Crippen LogP contribution >= 0.6 is 23.5 Å². The number of nitrogens with one attached hydrogen (secondary N) is 1. The van der Waals surface area contributed by atoms with Crippen LogP contribution in [-0.4, -0.2) is 41.0 Å². The normalized spacial score (nSPS) is 33.1. The van der Waals surface area contributed by atoms with Gasteiger partial charge < -0.3 is 11.1 Å². The lowest BCUT2D eigenvalue weighted by Crippen LogP contribution is -2.39. The Morgan fingerprint density at radius 2 is 2.11 bits per heavy atom. The maximum absolute atomic E-state index is 11.9. The molecule has 0 aromatic rings. The van der Waals surface area contributed by atoms with Crippen LogP contribution in [0.4, 0.5) is 0 Å². The largest absolute Gasteiger partial charge is 0.355 e. The van der Waals surface area contributed by atoms with Crippen LogP contribution in [0.25, 0.3) is 0 Å². The van der Waals surface area contributed by atoms with Crippen molar-refractivity contribution >= 4 is 29.4 Å². The topological polar surface area (TPSA) is 55.1 Å². The highest BCUT2D eigenvalue weighted by atomic mass is 32.2. The second-order valence-corrected chi connectivity index (χ2v) is 7.84. The second kappa shape index (κ2) is 7.65. The molecule has 1 saturated carbocycles. The predicted octanol–water partition coefficient (Wildman–Crippen LogP) is 1.86. The van der Waals surface area contributed by atoms with E-state index in [4.69, 9.17) is 5.73 Å². The first-order valence-corrected chi connectivity index (χ1v) is 9.17. The first-order valence-electron chi connectivity index (χ1n) is 6.97. The van der Waals surface area contributed by atoms with Crippen molar-refractivity contribution < 1.29 is 4.79 Å². The van der Waals surface area contributed by atoms with Crippen LogP contribution in [0.1, 0.15) is 32.1 Å². The molecule has 0 aromatic heterocycles. The van der Waals surface area contributed by atoms with Gasteiger partial charge in [0.25, 0.3) is 0 Å². The van der Waals surface area contributed by atoms with Gasteiger partial charge in [-0.15, -0.1) is 0 Å². The average Bonchev–Trinajstić information content (AvgIpc) is 2.40. The molecule has 1 aliphatic carbocycles. The molecule has 0 radical (unpaired) electrons. The number of carbonyl (C=O) groups excluding carboxylic acids is 1. The lowest BCUT2D eigenvalue weighted by Gasteiger charge is -2.28. The Kier molecular flexibility index (Phi) is 6.18. The van der Waals surface area contributed by atoms with Crippen LogP contribution in [-0.2, 0) is 4.79 Å². The fourth-order valence-corrected chi connectivity index (χ4v) is 5.29. The third kappa shape index (κ3) is 4.67. The average molecular weight is 288 g/mol. The van der Waals surface area contributed by atoms with Gasteiger partial charge in [0.05, 0.1) is 0 Å². The van der Waals surface area contributed by atoms with Gasteiger partial charge in [0.1, 0.15) is 0 Å². The van der Waals surface area contributed by atoms with E-state index in [0.717, 1.165) is 19.4 Å². The monoisotopic (exact) mass is 288 g/mol. The second-order valence-electron chi connectivity index (χ2n) is 5.28.